The van der Waals surface area contributed by atoms with Gasteiger partial charge in [-0.1, -0.05) is 18.2 Å². The molecular weight excluding hydrogens is 408 g/mol. The minimum atomic E-state index is -0.314. The summed E-state index contributed by atoms with van der Waals surface area (Å²) in [6.07, 6.45) is 5.12. The molecule has 2 fully saturated rings. The van der Waals surface area contributed by atoms with Gasteiger partial charge in [-0.05, 0) is 56.9 Å². The van der Waals surface area contributed by atoms with E-state index in [-0.39, 0.29) is 35.6 Å². The number of methoxy groups -OCH3 is 1. The summed E-state index contributed by atoms with van der Waals surface area (Å²) in [6, 6.07) is 7.49. The van der Waals surface area contributed by atoms with Crippen LogP contribution < -0.4 is 10.1 Å². The number of rotatable bonds is 4. The van der Waals surface area contributed by atoms with Gasteiger partial charge in [0, 0.05) is 28.9 Å². The molecule has 32 heavy (non-hydrogen) atoms. The van der Waals surface area contributed by atoms with E-state index in [1.54, 1.807) is 7.11 Å². The highest BCUT2D eigenvalue weighted by atomic mass is 16.6. The van der Waals surface area contributed by atoms with Crippen molar-refractivity contribution in [3.8, 4) is 5.75 Å². The molecule has 0 radical (unpaired) electrons. The molecule has 1 amide bonds. The van der Waals surface area contributed by atoms with Crippen LogP contribution in [0, 0.1) is 5.92 Å². The van der Waals surface area contributed by atoms with Gasteiger partial charge in [-0.3, -0.25) is 4.79 Å². The molecule has 0 saturated carbocycles. The Balaban J connectivity index is 1.27. The molecule has 0 spiro atoms. The van der Waals surface area contributed by atoms with Crippen molar-refractivity contribution in [1.29, 1.82) is 0 Å². The fourth-order valence-electron chi connectivity index (χ4n) is 4.93. The lowest BCUT2D eigenvalue weighted by molar-refractivity contribution is -0.140. The molecule has 0 bridgehead atoms. The van der Waals surface area contributed by atoms with E-state index in [4.69, 9.17) is 14.2 Å². The quantitative estimate of drug-likeness (QED) is 0.330. The maximum absolute atomic E-state index is 12.8. The van der Waals surface area contributed by atoms with Crippen molar-refractivity contribution in [3.63, 3.8) is 0 Å². The second-order valence-electron chi connectivity index (χ2n) is 9.11. The van der Waals surface area contributed by atoms with Crippen LogP contribution >= 0.6 is 0 Å². The highest BCUT2D eigenvalue weighted by molar-refractivity contribution is 5.98. The van der Waals surface area contributed by atoms with Gasteiger partial charge in [0.1, 0.15) is 23.7 Å². The maximum atomic E-state index is 12.8. The van der Waals surface area contributed by atoms with Gasteiger partial charge in [0.05, 0.1) is 12.7 Å². The number of aromatic nitrogens is 1. The zero-order valence-electron chi connectivity index (χ0n) is 18.4. The molecule has 3 heterocycles. The number of amides is 1. The first-order valence-electron chi connectivity index (χ1n) is 11.1. The largest absolute Gasteiger partial charge is 0.497 e. The SMILES string of the molecule is C=C1C(=O)O[C@H]2[C@H]1CCC(CNC(=O)c1cc3cc(OC)ccc3[nH]1)=CCC[C@@]1(C)O[C@@H]21. The number of hydrogen-bond donors (Lipinski definition) is 2. The molecule has 7 nitrogen and oxygen atoms in total. The van der Waals surface area contributed by atoms with Gasteiger partial charge in [-0.15, -0.1) is 0 Å². The van der Waals surface area contributed by atoms with Gasteiger partial charge in [0.25, 0.3) is 5.91 Å². The Morgan fingerprint density at radius 2 is 2.22 bits per heavy atom. The molecule has 2 N–H and O–H groups in total. The lowest BCUT2D eigenvalue weighted by Crippen LogP contribution is -2.30. The molecule has 2 saturated heterocycles. The van der Waals surface area contributed by atoms with Gasteiger partial charge < -0.3 is 24.5 Å². The molecule has 1 aromatic carbocycles. The average Bonchev–Trinajstić information content (AvgIpc) is 3.13. The molecule has 1 aromatic heterocycles. The molecule has 4 atom stereocenters. The third-order valence-electron chi connectivity index (χ3n) is 6.99. The van der Waals surface area contributed by atoms with Crippen molar-refractivity contribution in [3.05, 3.63) is 53.8 Å². The average molecular weight is 437 g/mol. The fourth-order valence-corrected chi connectivity index (χ4v) is 4.93. The molecule has 2 aliphatic heterocycles. The molecule has 3 aliphatic rings. The zero-order valence-corrected chi connectivity index (χ0v) is 18.4. The lowest BCUT2D eigenvalue weighted by atomic mass is 9.84. The summed E-state index contributed by atoms with van der Waals surface area (Å²) >= 11 is 0. The molecule has 7 heteroatoms. The minimum absolute atomic E-state index is 0.0461. The number of carbonyl (C=O) groups excluding carboxylic acids is 2. The van der Waals surface area contributed by atoms with Crippen LogP contribution in [0.15, 0.2) is 48.1 Å². The third-order valence-corrected chi connectivity index (χ3v) is 6.99. The Morgan fingerprint density at radius 1 is 1.38 bits per heavy atom. The molecule has 2 aromatic rings. The van der Waals surface area contributed by atoms with Crippen LogP contribution in [-0.2, 0) is 14.3 Å². The number of ether oxygens (including phenoxy) is 3. The van der Waals surface area contributed by atoms with Crippen LogP contribution in [0.1, 0.15) is 43.1 Å². The van der Waals surface area contributed by atoms with Gasteiger partial charge >= 0.3 is 5.97 Å². The van der Waals surface area contributed by atoms with Crippen LogP contribution in [0.4, 0.5) is 0 Å². The first kappa shape index (κ1) is 20.8. The number of fused-ring (bicyclic) bond motifs is 4. The van der Waals surface area contributed by atoms with E-state index in [9.17, 15) is 9.59 Å². The normalized spacial score (nSPS) is 29.6. The van der Waals surface area contributed by atoms with Crippen molar-refractivity contribution in [2.45, 2.75) is 50.4 Å². The predicted molar refractivity (Wildman–Crippen MR) is 120 cm³/mol. The standard InChI is InChI=1S/C25H28N2O5/c1-14-18-8-6-15(5-4-10-25(2)22(32-25)21(18)31-24(14)29)13-26-23(28)20-12-16-11-17(30-3)7-9-19(16)27-20/h5,7,9,11-12,18,21-22,27H,1,4,6,8,10,13H2,2-3H3,(H,26,28)/t18-,21-,22-,25+/m0/s1. The van der Waals surface area contributed by atoms with Crippen molar-refractivity contribution in [2.75, 3.05) is 13.7 Å². The zero-order chi connectivity index (χ0) is 22.5. The van der Waals surface area contributed by atoms with E-state index in [1.807, 2.05) is 24.3 Å². The van der Waals surface area contributed by atoms with E-state index >= 15 is 0 Å². The van der Waals surface area contributed by atoms with E-state index in [1.165, 1.54) is 0 Å². The highest BCUT2D eigenvalue weighted by Crippen LogP contribution is 2.49. The number of epoxide rings is 1. The molecule has 1 aliphatic carbocycles. The summed E-state index contributed by atoms with van der Waals surface area (Å²) in [7, 11) is 1.62. The van der Waals surface area contributed by atoms with Gasteiger partial charge in [-0.2, -0.15) is 0 Å². The van der Waals surface area contributed by atoms with Gasteiger partial charge in [0.15, 0.2) is 0 Å². The predicted octanol–water partition coefficient (Wildman–Crippen LogP) is 3.66. The number of hydrogen-bond acceptors (Lipinski definition) is 5. The van der Waals surface area contributed by atoms with Crippen molar-refractivity contribution in [2.24, 2.45) is 5.92 Å². The van der Waals surface area contributed by atoms with E-state index in [0.29, 0.717) is 17.8 Å². The Bertz CT molecular complexity index is 1130. The monoisotopic (exact) mass is 436 g/mol. The Kier molecular flexibility index (Phi) is 5.08. The second-order valence-corrected chi connectivity index (χ2v) is 9.11. The Labute approximate surface area is 186 Å². The number of allylic oxidation sites excluding steroid dienone is 1. The van der Waals surface area contributed by atoms with Crippen molar-refractivity contribution in [1.82, 2.24) is 10.3 Å². The van der Waals surface area contributed by atoms with Crippen LogP contribution in [-0.4, -0.2) is 48.3 Å². The molecule has 0 unspecified atom stereocenters. The van der Waals surface area contributed by atoms with Crippen LogP contribution in [0.25, 0.3) is 10.9 Å². The van der Waals surface area contributed by atoms with Crippen molar-refractivity contribution >= 4 is 22.8 Å². The van der Waals surface area contributed by atoms with Crippen LogP contribution in [0.3, 0.4) is 0 Å². The lowest BCUT2D eigenvalue weighted by Gasteiger charge is -2.20. The van der Waals surface area contributed by atoms with Gasteiger partial charge in [0.2, 0.25) is 0 Å². The first-order chi connectivity index (χ1) is 15.4. The number of benzene rings is 1. The number of esters is 1. The summed E-state index contributed by atoms with van der Waals surface area (Å²) in [5.74, 6) is 0.235. The van der Waals surface area contributed by atoms with E-state index < -0.39 is 0 Å². The van der Waals surface area contributed by atoms with Crippen LogP contribution in [0.5, 0.6) is 5.75 Å². The summed E-state index contributed by atoms with van der Waals surface area (Å²) in [5.41, 5.74) is 2.81. The molecule has 168 valence electrons. The summed E-state index contributed by atoms with van der Waals surface area (Å²) in [4.78, 5) is 28.1. The summed E-state index contributed by atoms with van der Waals surface area (Å²) in [5, 5.41) is 3.96. The summed E-state index contributed by atoms with van der Waals surface area (Å²) < 4.78 is 16.8. The Morgan fingerprint density at radius 3 is 3.03 bits per heavy atom. The smallest absolute Gasteiger partial charge is 0.334 e. The number of H-pyrrole nitrogens is 1. The highest BCUT2D eigenvalue weighted by Gasteiger charge is 2.61. The Hall–Kier alpha value is -3.06. The first-order valence-corrected chi connectivity index (χ1v) is 11.1. The molecule has 5 rings (SSSR count). The van der Waals surface area contributed by atoms with Crippen molar-refractivity contribution < 1.29 is 23.8 Å². The number of aromatic amines is 1. The van der Waals surface area contributed by atoms with Crippen LogP contribution in [0.2, 0.25) is 0 Å². The van der Waals surface area contributed by atoms with E-state index in [0.717, 1.165) is 47.9 Å². The number of carbonyl (C=O) groups is 2. The second kappa shape index (κ2) is 7.81. The third kappa shape index (κ3) is 3.71. The topological polar surface area (TPSA) is 92.9 Å². The maximum Gasteiger partial charge on any atom is 0.334 e. The summed E-state index contributed by atoms with van der Waals surface area (Å²) in [6.45, 7) is 6.49. The van der Waals surface area contributed by atoms with E-state index in [2.05, 4.69) is 29.9 Å². The number of nitrogens with one attached hydrogen (secondary N) is 2. The van der Waals surface area contributed by atoms with Gasteiger partial charge in [-0.25, -0.2) is 4.79 Å². The minimum Gasteiger partial charge on any atom is -0.497 e. The molecular formula is C25H28N2O5. The fraction of sp³-hybridized carbons (Fsp3) is 0.440.